The zero-order chi connectivity index (χ0) is 20.8. The number of para-hydroxylation sites is 2. The predicted molar refractivity (Wildman–Crippen MR) is 118 cm³/mol. The average Bonchev–Trinajstić information content (AvgIpc) is 3.26. The second-order valence-corrected chi connectivity index (χ2v) is 7.73. The van der Waals surface area contributed by atoms with E-state index in [2.05, 4.69) is 0 Å². The molecule has 0 bridgehead atoms. The molecule has 0 atom stereocenters. The predicted octanol–water partition coefficient (Wildman–Crippen LogP) is 5.82. The van der Waals surface area contributed by atoms with Gasteiger partial charge in [-0.1, -0.05) is 48.5 Å². The van der Waals surface area contributed by atoms with Crippen molar-refractivity contribution in [2.75, 3.05) is 0 Å². The smallest absolute Gasteiger partial charge is 0.174 e. The van der Waals surface area contributed by atoms with Crippen molar-refractivity contribution in [2.45, 2.75) is 5.92 Å². The second kappa shape index (κ2) is 6.99. The Hall–Kier alpha value is -3.66. The number of nitrogens with zero attached hydrogens (tertiary/aromatic N) is 2. The van der Waals surface area contributed by atoms with Crippen LogP contribution in [0, 0.1) is 5.82 Å². The largest absolute Gasteiger partial charge is 0.350 e. The summed E-state index contributed by atoms with van der Waals surface area (Å²) in [6.45, 7) is 0. The van der Waals surface area contributed by atoms with E-state index < -0.39 is 11.7 Å². The van der Waals surface area contributed by atoms with Crippen LogP contribution in [0.1, 0.15) is 27.4 Å². The third-order valence-electron chi connectivity index (χ3n) is 5.85. The molecular weight excluding hydrogens is 375 g/mol. The fourth-order valence-corrected chi connectivity index (χ4v) is 4.46. The minimum Gasteiger partial charge on any atom is -0.350 e. The molecule has 30 heavy (non-hydrogen) atoms. The van der Waals surface area contributed by atoms with E-state index in [1.165, 1.54) is 12.1 Å². The molecule has 0 saturated carbocycles. The molecule has 0 N–H and O–H groups in total. The van der Waals surface area contributed by atoms with Crippen LogP contribution >= 0.6 is 0 Å². The van der Waals surface area contributed by atoms with E-state index in [-0.39, 0.29) is 5.78 Å². The first-order valence-corrected chi connectivity index (χ1v) is 9.92. The number of carbonyl (C=O) groups excluding carboxylic acids is 1. The molecule has 3 nitrogen and oxygen atoms in total. The lowest BCUT2D eigenvalue weighted by Gasteiger charge is -2.16. The summed E-state index contributed by atoms with van der Waals surface area (Å²) in [5.74, 6) is -1.05. The Morgan fingerprint density at radius 1 is 0.767 bits per heavy atom. The molecule has 148 valence electrons. The molecule has 3 aromatic carbocycles. The number of aromatic nitrogens is 2. The summed E-state index contributed by atoms with van der Waals surface area (Å²) in [4.78, 5) is 13.8. The van der Waals surface area contributed by atoms with Crippen molar-refractivity contribution in [1.82, 2.24) is 9.13 Å². The third kappa shape index (κ3) is 2.84. The lowest BCUT2D eigenvalue weighted by Crippen LogP contribution is -2.14. The molecule has 0 aliphatic heterocycles. The lowest BCUT2D eigenvalue weighted by molar-refractivity contribution is 0.0974. The highest BCUT2D eigenvalue weighted by Gasteiger charge is 2.30. The average molecular weight is 396 g/mol. The van der Waals surface area contributed by atoms with Gasteiger partial charge in [-0.25, -0.2) is 4.39 Å². The topological polar surface area (TPSA) is 26.9 Å². The van der Waals surface area contributed by atoms with Crippen LogP contribution in [0.5, 0.6) is 0 Å². The molecule has 0 aliphatic rings. The fraction of sp³-hybridized carbons (Fsp3) is 0.115. The molecule has 5 aromatic rings. The Labute approximate surface area is 174 Å². The van der Waals surface area contributed by atoms with Gasteiger partial charge in [0.05, 0.1) is 5.92 Å². The van der Waals surface area contributed by atoms with Gasteiger partial charge in [0.25, 0.3) is 0 Å². The summed E-state index contributed by atoms with van der Waals surface area (Å²) in [7, 11) is 3.97. The summed E-state index contributed by atoms with van der Waals surface area (Å²) < 4.78 is 18.0. The zero-order valence-corrected chi connectivity index (χ0v) is 16.8. The molecular formula is C26H21FN2O. The van der Waals surface area contributed by atoms with E-state index in [0.717, 1.165) is 32.9 Å². The van der Waals surface area contributed by atoms with Crippen LogP contribution in [0.4, 0.5) is 4.39 Å². The molecule has 0 unspecified atom stereocenters. The van der Waals surface area contributed by atoms with Gasteiger partial charge in [-0.05, 0) is 35.4 Å². The van der Waals surface area contributed by atoms with Gasteiger partial charge in [0, 0.05) is 53.9 Å². The van der Waals surface area contributed by atoms with Crippen LogP contribution in [-0.2, 0) is 14.1 Å². The Kier molecular flexibility index (Phi) is 4.28. The highest BCUT2D eigenvalue weighted by molar-refractivity contribution is 6.07. The van der Waals surface area contributed by atoms with Crippen molar-refractivity contribution in [3.05, 3.63) is 108 Å². The highest BCUT2D eigenvalue weighted by Crippen LogP contribution is 2.38. The first-order valence-electron chi connectivity index (χ1n) is 9.92. The minimum absolute atomic E-state index is 0.109. The quantitative estimate of drug-likeness (QED) is 0.352. The highest BCUT2D eigenvalue weighted by atomic mass is 19.1. The number of benzene rings is 3. The summed E-state index contributed by atoms with van der Waals surface area (Å²) in [5, 5.41) is 2.06. The normalized spacial score (nSPS) is 11.6. The van der Waals surface area contributed by atoms with Crippen LogP contribution < -0.4 is 0 Å². The van der Waals surface area contributed by atoms with Crippen molar-refractivity contribution >= 4 is 27.6 Å². The van der Waals surface area contributed by atoms with Gasteiger partial charge in [0.15, 0.2) is 5.78 Å². The van der Waals surface area contributed by atoms with Crippen LogP contribution in [0.2, 0.25) is 0 Å². The van der Waals surface area contributed by atoms with E-state index in [1.54, 1.807) is 12.1 Å². The molecule has 0 spiro atoms. The van der Waals surface area contributed by atoms with Gasteiger partial charge in [0.2, 0.25) is 0 Å². The number of aryl methyl sites for hydroxylation is 2. The Balaban J connectivity index is 1.81. The standard InChI is InChI=1S/C26H21FN2O/c1-28-15-21(19-10-3-5-12-23(19)28)25(26(30)17-8-7-9-18(27)14-17)22-16-29(2)24-13-6-4-11-20(22)24/h3-16,25H,1-2H3. The van der Waals surface area contributed by atoms with Crippen LogP contribution in [0.3, 0.4) is 0 Å². The molecule has 4 heteroatoms. The van der Waals surface area contributed by atoms with E-state index in [9.17, 15) is 9.18 Å². The number of rotatable bonds is 4. The van der Waals surface area contributed by atoms with Crippen LogP contribution in [-0.4, -0.2) is 14.9 Å². The first kappa shape index (κ1) is 18.4. The summed E-state index contributed by atoms with van der Waals surface area (Å²) in [5.41, 5.74) is 4.35. The van der Waals surface area contributed by atoms with Gasteiger partial charge in [0.1, 0.15) is 5.82 Å². The molecule has 5 rings (SSSR count). The zero-order valence-electron chi connectivity index (χ0n) is 16.8. The van der Waals surface area contributed by atoms with E-state index in [1.807, 2.05) is 84.2 Å². The Bertz CT molecular complexity index is 1330. The Morgan fingerprint density at radius 3 is 1.83 bits per heavy atom. The maximum absolute atomic E-state index is 13.9. The summed E-state index contributed by atoms with van der Waals surface area (Å²) in [6.07, 6.45) is 4.04. The van der Waals surface area contributed by atoms with E-state index >= 15 is 0 Å². The maximum Gasteiger partial charge on any atom is 0.174 e. The molecule has 0 radical (unpaired) electrons. The third-order valence-corrected chi connectivity index (χ3v) is 5.85. The molecule has 0 saturated heterocycles. The molecule has 0 aliphatic carbocycles. The van der Waals surface area contributed by atoms with Crippen molar-refractivity contribution in [3.63, 3.8) is 0 Å². The summed E-state index contributed by atoms with van der Waals surface area (Å²) >= 11 is 0. The van der Waals surface area contributed by atoms with Crippen LogP contribution in [0.25, 0.3) is 21.8 Å². The van der Waals surface area contributed by atoms with Gasteiger partial charge in [-0.15, -0.1) is 0 Å². The van der Waals surface area contributed by atoms with Gasteiger partial charge < -0.3 is 9.13 Å². The maximum atomic E-state index is 13.9. The number of halogens is 1. The number of Topliss-reactive ketones (excluding diaryl/α,β-unsaturated/α-hetero) is 1. The SMILES string of the molecule is Cn1cc(C(C(=O)c2cccc(F)c2)c2cn(C)c3ccccc23)c2ccccc21. The number of fused-ring (bicyclic) bond motifs is 2. The minimum atomic E-state index is -0.538. The van der Waals surface area contributed by atoms with Crippen molar-refractivity contribution < 1.29 is 9.18 Å². The molecule has 0 fully saturated rings. The number of ketones is 1. The summed E-state index contributed by atoms with van der Waals surface area (Å²) in [6, 6.07) is 22.1. The number of hydrogen-bond acceptors (Lipinski definition) is 1. The molecule has 0 amide bonds. The second-order valence-electron chi connectivity index (χ2n) is 7.73. The van der Waals surface area contributed by atoms with Gasteiger partial charge in [-0.3, -0.25) is 4.79 Å². The van der Waals surface area contributed by atoms with E-state index in [0.29, 0.717) is 5.56 Å². The lowest BCUT2D eigenvalue weighted by atomic mass is 9.84. The first-order chi connectivity index (χ1) is 14.5. The Morgan fingerprint density at radius 2 is 1.30 bits per heavy atom. The van der Waals surface area contributed by atoms with Crippen LogP contribution in [0.15, 0.2) is 85.2 Å². The van der Waals surface area contributed by atoms with Gasteiger partial charge >= 0.3 is 0 Å². The molecule has 2 aromatic heterocycles. The van der Waals surface area contributed by atoms with E-state index in [4.69, 9.17) is 0 Å². The number of hydrogen-bond donors (Lipinski definition) is 0. The monoisotopic (exact) mass is 396 g/mol. The van der Waals surface area contributed by atoms with Crippen molar-refractivity contribution in [1.29, 1.82) is 0 Å². The molecule has 2 heterocycles. The number of carbonyl (C=O) groups is 1. The van der Waals surface area contributed by atoms with Crippen molar-refractivity contribution in [2.24, 2.45) is 14.1 Å². The van der Waals surface area contributed by atoms with Gasteiger partial charge in [-0.2, -0.15) is 0 Å². The fourth-order valence-electron chi connectivity index (χ4n) is 4.46. The van der Waals surface area contributed by atoms with Crippen molar-refractivity contribution in [3.8, 4) is 0 Å².